The highest BCUT2D eigenvalue weighted by Crippen LogP contribution is 2.34. The van der Waals surface area contributed by atoms with E-state index in [4.69, 9.17) is 9.47 Å². The molecule has 0 saturated carbocycles. The Kier molecular flexibility index (Phi) is 3.60. The van der Waals surface area contributed by atoms with Crippen molar-refractivity contribution in [2.75, 3.05) is 12.1 Å². The molecule has 0 unspecified atom stereocenters. The molecule has 3 aromatic rings. The van der Waals surface area contributed by atoms with Crippen LogP contribution in [0.4, 0.5) is 5.69 Å². The number of hydrogen-bond acceptors (Lipinski definition) is 4. The molecule has 6 nitrogen and oxygen atoms in total. The summed E-state index contributed by atoms with van der Waals surface area (Å²) in [6.07, 6.45) is 0. The predicted octanol–water partition coefficient (Wildman–Crippen LogP) is 3.91. The third-order valence-corrected chi connectivity index (χ3v) is 4.27. The van der Waals surface area contributed by atoms with Crippen molar-refractivity contribution < 1.29 is 14.3 Å². The van der Waals surface area contributed by atoms with E-state index in [0.717, 1.165) is 16.9 Å². The average Bonchev–Trinajstić information content (AvgIpc) is 3.16. The number of fused-ring (bicyclic) bond motifs is 2. The van der Waals surface area contributed by atoms with Gasteiger partial charge in [-0.05, 0) is 51.1 Å². The molecule has 2 aromatic carbocycles. The number of carbonyl (C=O) groups excluding carboxylic acids is 1. The monoisotopic (exact) mass is 337 g/mol. The van der Waals surface area contributed by atoms with Crippen LogP contribution in [0.15, 0.2) is 36.4 Å². The number of ether oxygens (including phenoxy) is 2. The van der Waals surface area contributed by atoms with Crippen LogP contribution in [-0.4, -0.2) is 22.3 Å². The fraction of sp³-hybridized carbons (Fsp3) is 0.263. The molecule has 128 valence electrons. The number of benzene rings is 2. The molecule has 0 fully saturated rings. The lowest BCUT2D eigenvalue weighted by molar-refractivity contribution is 0.102. The number of nitrogens with one attached hydrogen (secondary N) is 1. The molecule has 0 saturated heterocycles. The molecule has 1 amide bonds. The zero-order valence-electron chi connectivity index (χ0n) is 14.4. The minimum Gasteiger partial charge on any atom is -0.454 e. The molecular formula is C19H19N3O3. The molecule has 1 aliphatic rings. The second-order valence-corrected chi connectivity index (χ2v) is 6.35. The molecule has 0 radical (unpaired) electrons. The number of anilines is 1. The molecule has 1 aromatic heterocycles. The summed E-state index contributed by atoms with van der Waals surface area (Å²) in [5.74, 6) is 2.09. The smallest absolute Gasteiger partial charge is 0.255 e. The van der Waals surface area contributed by atoms with Crippen molar-refractivity contribution in [3.8, 4) is 11.5 Å². The van der Waals surface area contributed by atoms with Crippen LogP contribution in [0.1, 0.15) is 36.1 Å². The number of hydrogen-bond donors (Lipinski definition) is 1. The van der Waals surface area contributed by atoms with Crippen molar-refractivity contribution in [1.29, 1.82) is 0 Å². The van der Waals surface area contributed by atoms with Crippen LogP contribution in [0.2, 0.25) is 0 Å². The molecule has 0 aliphatic carbocycles. The summed E-state index contributed by atoms with van der Waals surface area (Å²) in [4.78, 5) is 17.1. The van der Waals surface area contributed by atoms with Crippen molar-refractivity contribution >= 4 is 22.6 Å². The number of nitrogens with zero attached hydrogens (tertiary/aromatic N) is 2. The number of carbonyl (C=O) groups is 1. The first-order valence-corrected chi connectivity index (χ1v) is 8.22. The van der Waals surface area contributed by atoms with Gasteiger partial charge in [0.05, 0.1) is 11.0 Å². The highest BCUT2D eigenvalue weighted by Gasteiger charge is 2.16. The van der Waals surface area contributed by atoms with E-state index >= 15 is 0 Å². The van der Waals surface area contributed by atoms with E-state index in [0.29, 0.717) is 28.8 Å². The van der Waals surface area contributed by atoms with Crippen molar-refractivity contribution in [1.82, 2.24) is 9.55 Å². The zero-order chi connectivity index (χ0) is 17.6. The lowest BCUT2D eigenvalue weighted by Crippen LogP contribution is -2.11. The van der Waals surface area contributed by atoms with Crippen LogP contribution < -0.4 is 14.8 Å². The molecule has 1 aliphatic heterocycles. The normalized spacial score (nSPS) is 12.8. The van der Waals surface area contributed by atoms with Crippen molar-refractivity contribution in [2.45, 2.75) is 26.8 Å². The van der Waals surface area contributed by atoms with Crippen molar-refractivity contribution in [3.05, 3.63) is 47.8 Å². The first-order valence-electron chi connectivity index (χ1n) is 8.22. The lowest BCUT2D eigenvalue weighted by atomic mass is 10.1. The average molecular weight is 337 g/mol. The van der Waals surface area contributed by atoms with E-state index < -0.39 is 0 Å². The SMILES string of the molecule is Cc1nc2cc(C(=O)Nc3ccc4c(c3)OCO4)ccc2n1C(C)C. The summed E-state index contributed by atoms with van der Waals surface area (Å²) in [5.41, 5.74) is 3.09. The first-order chi connectivity index (χ1) is 12.0. The molecule has 2 heterocycles. The molecule has 1 N–H and O–H groups in total. The van der Waals surface area contributed by atoms with Crippen LogP contribution in [0.25, 0.3) is 11.0 Å². The van der Waals surface area contributed by atoms with Gasteiger partial charge >= 0.3 is 0 Å². The highest BCUT2D eigenvalue weighted by molar-refractivity contribution is 6.06. The van der Waals surface area contributed by atoms with Crippen molar-refractivity contribution in [2.24, 2.45) is 0 Å². The van der Waals surface area contributed by atoms with Gasteiger partial charge in [0.15, 0.2) is 11.5 Å². The van der Waals surface area contributed by atoms with E-state index in [1.54, 1.807) is 18.2 Å². The number of imidazole rings is 1. The van der Waals surface area contributed by atoms with Crippen LogP contribution in [0.3, 0.4) is 0 Å². The maximum atomic E-state index is 12.6. The van der Waals surface area contributed by atoms with Crippen LogP contribution in [0.5, 0.6) is 11.5 Å². The first kappa shape index (κ1) is 15.5. The van der Waals surface area contributed by atoms with Gasteiger partial charge in [-0.1, -0.05) is 0 Å². The van der Waals surface area contributed by atoms with Gasteiger partial charge in [-0.25, -0.2) is 4.98 Å². The van der Waals surface area contributed by atoms with Gasteiger partial charge in [0.2, 0.25) is 6.79 Å². The van der Waals surface area contributed by atoms with Crippen molar-refractivity contribution in [3.63, 3.8) is 0 Å². The maximum absolute atomic E-state index is 12.6. The largest absolute Gasteiger partial charge is 0.454 e. The summed E-state index contributed by atoms with van der Waals surface area (Å²) in [7, 11) is 0. The van der Waals surface area contributed by atoms with E-state index in [9.17, 15) is 4.79 Å². The molecule has 0 bridgehead atoms. The van der Waals surface area contributed by atoms with E-state index in [1.807, 2.05) is 25.1 Å². The minimum absolute atomic E-state index is 0.183. The Morgan fingerprint density at radius 1 is 1.16 bits per heavy atom. The Bertz CT molecular complexity index is 975. The molecule has 6 heteroatoms. The Hall–Kier alpha value is -3.02. The number of amides is 1. The van der Waals surface area contributed by atoms with Gasteiger partial charge in [0, 0.05) is 23.4 Å². The molecule has 0 spiro atoms. The third kappa shape index (κ3) is 2.69. The topological polar surface area (TPSA) is 65.4 Å². The maximum Gasteiger partial charge on any atom is 0.255 e. The van der Waals surface area contributed by atoms with Crippen LogP contribution in [-0.2, 0) is 0 Å². The van der Waals surface area contributed by atoms with E-state index in [2.05, 4.69) is 28.7 Å². The van der Waals surface area contributed by atoms with Gasteiger partial charge < -0.3 is 19.4 Å². The third-order valence-electron chi connectivity index (χ3n) is 4.27. The second kappa shape index (κ2) is 5.81. The van der Waals surface area contributed by atoms with E-state index in [-0.39, 0.29) is 12.7 Å². The van der Waals surface area contributed by atoms with Gasteiger partial charge in [-0.2, -0.15) is 0 Å². The number of rotatable bonds is 3. The van der Waals surface area contributed by atoms with Gasteiger partial charge in [0.1, 0.15) is 5.82 Å². The summed E-state index contributed by atoms with van der Waals surface area (Å²) in [6.45, 7) is 6.43. The second-order valence-electron chi connectivity index (χ2n) is 6.35. The Labute approximate surface area is 145 Å². The number of aromatic nitrogens is 2. The Morgan fingerprint density at radius 2 is 1.96 bits per heavy atom. The minimum atomic E-state index is -0.183. The summed E-state index contributed by atoms with van der Waals surface area (Å²) in [5, 5.41) is 2.89. The predicted molar refractivity (Wildman–Crippen MR) is 95.4 cm³/mol. The van der Waals surface area contributed by atoms with Gasteiger partial charge in [0.25, 0.3) is 5.91 Å². The molecular weight excluding hydrogens is 318 g/mol. The highest BCUT2D eigenvalue weighted by atomic mass is 16.7. The standard InChI is InChI=1S/C19H19N3O3/c1-11(2)22-12(3)20-15-8-13(4-6-16(15)22)19(23)21-14-5-7-17-18(9-14)25-10-24-17/h4-9,11H,10H2,1-3H3,(H,21,23). The number of aryl methyl sites for hydroxylation is 1. The Morgan fingerprint density at radius 3 is 2.76 bits per heavy atom. The zero-order valence-corrected chi connectivity index (χ0v) is 14.4. The summed E-state index contributed by atoms with van der Waals surface area (Å²) >= 11 is 0. The quantitative estimate of drug-likeness (QED) is 0.787. The summed E-state index contributed by atoms with van der Waals surface area (Å²) < 4.78 is 12.8. The van der Waals surface area contributed by atoms with Gasteiger partial charge in [-0.15, -0.1) is 0 Å². The fourth-order valence-electron chi connectivity index (χ4n) is 3.19. The van der Waals surface area contributed by atoms with E-state index in [1.165, 1.54) is 0 Å². The van der Waals surface area contributed by atoms with Gasteiger partial charge in [-0.3, -0.25) is 4.79 Å². The van der Waals surface area contributed by atoms with Crippen LogP contribution in [0, 0.1) is 6.92 Å². The fourth-order valence-corrected chi connectivity index (χ4v) is 3.19. The lowest BCUT2D eigenvalue weighted by Gasteiger charge is -2.11. The van der Waals surface area contributed by atoms with Crippen LogP contribution >= 0.6 is 0 Å². The molecule has 0 atom stereocenters. The summed E-state index contributed by atoms with van der Waals surface area (Å²) in [6, 6.07) is 11.3. The Balaban J connectivity index is 1.62. The molecule has 4 rings (SSSR count). The molecule has 25 heavy (non-hydrogen) atoms.